The summed E-state index contributed by atoms with van der Waals surface area (Å²) in [5.74, 6) is 1.01. The lowest BCUT2D eigenvalue weighted by atomic mass is 10.2. The Labute approximate surface area is 135 Å². The van der Waals surface area contributed by atoms with Crippen molar-refractivity contribution in [2.24, 2.45) is 0 Å². The van der Waals surface area contributed by atoms with E-state index in [1.54, 1.807) is 37.1 Å². The summed E-state index contributed by atoms with van der Waals surface area (Å²) in [6.45, 7) is 0. The van der Waals surface area contributed by atoms with E-state index in [1.807, 2.05) is 0 Å². The van der Waals surface area contributed by atoms with Crippen LogP contribution in [0.2, 0.25) is 0 Å². The van der Waals surface area contributed by atoms with Gasteiger partial charge >= 0.3 is 5.97 Å². The Kier molecular flexibility index (Phi) is 4.20. The van der Waals surface area contributed by atoms with Gasteiger partial charge in [0.25, 0.3) is 0 Å². The minimum absolute atomic E-state index is 0.154. The van der Waals surface area contributed by atoms with Crippen LogP contribution in [0, 0.1) is 0 Å². The molecule has 0 aliphatic rings. The van der Waals surface area contributed by atoms with Gasteiger partial charge in [0, 0.05) is 11.5 Å². The number of esters is 1. The van der Waals surface area contributed by atoms with Crippen molar-refractivity contribution in [2.45, 2.75) is 5.16 Å². The van der Waals surface area contributed by atoms with Gasteiger partial charge in [-0.05, 0) is 6.07 Å². The minimum atomic E-state index is -0.327. The summed E-state index contributed by atoms with van der Waals surface area (Å²) in [6, 6.07) is 3.59. The van der Waals surface area contributed by atoms with Gasteiger partial charge in [-0.1, -0.05) is 11.8 Å². The summed E-state index contributed by atoms with van der Waals surface area (Å²) in [5.41, 5.74) is 1.34. The number of aromatic nitrogens is 4. The van der Waals surface area contributed by atoms with Crippen LogP contribution in [0.4, 0.5) is 0 Å². The van der Waals surface area contributed by atoms with Crippen molar-refractivity contribution < 1.29 is 19.0 Å². The average molecular weight is 334 g/mol. The van der Waals surface area contributed by atoms with E-state index in [2.05, 4.69) is 19.9 Å². The maximum Gasteiger partial charge on any atom is 0.316 e. The molecule has 0 atom stereocenters. The van der Waals surface area contributed by atoms with Gasteiger partial charge in [0.15, 0.2) is 22.3 Å². The molecule has 23 heavy (non-hydrogen) atoms. The monoisotopic (exact) mass is 334 g/mol. The van der Waals surface area contributed by atoms with Gasteiger partial charge < -0.3 is 14.2 Å². The smallest absolute Gasteiger partial charge is 0.316 e. The SMILES string of the molecule is COC(=O)CSc1nnc2c3cc(OC)c(OC)cc3ncn12. The lowest BCUT2D eigenvalue weighted by molar-refractivity contribution is -0.137. The number of fused-ring (bicyclic) bond motifs is 3. The molecule has 9 heteroatoms. The van der Waals surface area contributed by atoms with Gasteiger partial charge in [-0.2, -0.15) is 0 Å². The number of hydrogen-bond acceptors (Lipinski definition) is 8. The van der Waals surface area contributed by atoms with E-state index in [9.17, 15) is 4.79 Å². The summed E-state index contributed by atoms with van der Waals surface area (Å²) < 4.78 is 16.9. The summed E-state index contributed by atoms with van der Waals surface area (Å²) in [6.07, 6.45) is 1.61. The van der Waals surface area contributed by atoms with Crippen LogP contribution in [0.3, 0.4) is 0 Å². The van der Waals surface area contributed by atoms with Crippen molar-refractivity contribution in [3.8, 4) is 11.5 Å². The molecule has 0 N–H and O–H groups in total. The van der Waals surface area contributed by atoms with E-state index in [0.717, 1.165) is 5.39 Å². The van der Waals surface area contributed by atoms with E-state index >= 15 is 0 Å². The number of carbonyl (C=O) groups is 1. The van der Waals surface area contributed by atoms with Crippen LogP contribution in [0.5, 0.6) is 11.5 Å². The Morgan fingerprint density at radius 3 is 2.61 bits per heavy atom. The minimum Gasteiger partial charge on any atom is -0.493 e. The molecule has 0 aliphatic carbocycles. The number of nitrogens with zero attached hydrogens (tertiary/aromatic N) is 4. The summed E-state index contributed by atoms with van der Waals surface area (Å²) >= 11 is 1.23. The molecule has 0 saturated heterocycles. The fourth-order valence-electron chi connectivity index (χ4n) is 2.12. The van der Waals surface area contributed by atoms with Gasteiger partial charge in [-0.3, -0.25) is 9.20 Å². The first kappa shape index (κ1) is 15.3. The zero-order valence-electron chi connectivity index (χ0n) is 12.8. The van der Waals surface area contributed by atoms with Crippen molar-refractivity contribution in [3.63, 3.8) is 0 Å². The first-order chi connectivity index (χ1) is 11.2. The molecule has 3 rings (SSSR count). The molecule has 0 unspecified atom stereocenters. The molecule has 3 aromatic rings. The van der Waals surface area contributed by atoms with Gasteiger partial charge in [-0.25, -0.2) is 4.98 Å². The van der Waals surface area contributed by atoms with Crippen LogP contribution in [0.25, 0.3) is 16.6 Å². The van der Waals surface area contributed by atoms with Gasteiger partial charge in [0.05, 0.1) is 32.6 Å². The highest BCUT2D eigenvalue weighted by atomic mass is 32.2. The fourth-order valence-corrected chi connectivity index (χ4v) is 2.86. The molecule has 1 aromatic carbocycles. The predicted octanol–water partition coefficient (Wildman–Crippen LogP) is 1.56. The van der Waals surface area contributed by atoms with Crippen molar-refractivity contribution in [1.29, 1.82) is 0 Å². The number of methoxy groups -OCH3 is 3. The third-order valence-electron chi connectivity index (χ3n) is 3.27. The third-order valence-corrected chi connectivity index (χ3v) is 4.18. The number of hydrogen-bond donors (Lipinski definition) is 0. The molecule has 120 valence electrons. The van der Waals surface area contributed by atoms with Gasteiger partial charge in [-0.15, -0.1) is 10.2 Å². The molecule has 0 amide bonds. The Bertz CT molecular complexity index is 880. The standard InChI is InChI=1S/C14H14N4O4S/c1-20-10-4-8-9(5-11(10)21-2)15-7-18-13(8)16-17-14(18)23-6-12(19)22-3/h4-5,7H,6H2,1-3H3. The lowest BCUT2D eigenvalue weighted by Gasteiger charge is -2.09. The second kappa shape index (κ2) is 6.29. The maximum atomic E-state index is 11.3. The van der Waals surface area contributed by atoms with Crippen LogP contribution >= 0.6 is 11.8 Å². The topological polar surface area (TPSA) is 87.8 Å². The molecule has 0 fully saturated rings. The van der Waals surface area contributed by atoms with Crippen molar-refractivity contribution in [2.75, 3.05) is 27.1 Å². The van der Waals surface area contributed by atoms with Crippen molar-refractivity contribution >= 4 is 34.3 Å². The Hall–Kier alpha value is -2.55. The average Bonchev–Trinajstić information content (AvgIpc) is 3.01. The highest BCUT2D eigenvalue weighted by Crippen LogP contribution is 2.33. The molecule has 0 bridgehead atoms. The van der Waals surface area contributed by atoms with E-state index in [1.165, 1.54) is 18.9 Å². The Balaban J connectivity index is 2.09. The number of ether oxygens (including phenoxy) is 3. The Morgan fingerprint density at radius 1 is 1.17 bits per heavy atom. The third kappa shape index (κ3) is 2.74. The highest BCUT2D eigenvalue weighted by molar-refractivity contribution is 7.99. The zero-order valence-corrected chi connectivity index (χ0v) is 13.6. The Morgan fingerprint density at radius 2 is 1.91 bits per heavy atom. The number of thioether (sulfide) groups is 1. The van der Waals surface area contributed by atoms with E-state index in [-0.39, 0.29) is 11.7 Å². The molecule has 2 heterocycles. The van der Waals surface area contributed by atoms with Gasteiger partial charge in [0.2, 0.25) is 0 Å². The molecule has 8 nitrogen and oxygen atoms in total. The van der Waals surface area contributed by atoms with Crippen LogP contribution in [0.1, 0.15) is 0 Å². The fraction of sp³-hybridized carbons (Fsp3) is 0.286. The van der Waals surface area contributed by atoms with E-state index in [4.69, 9.17) is 9.47 Å². The first-order valence-corrected chi connectivity index (χ1v) is 7.61. The molecular formula is C14H14N4O4S. The number of benzene rings is 1. The molecular weight excluding hydrogens is 320 g/mol. The van der Waals surface area contributed by atoms with Crippen LogP contribution in [-0.2, 0) is 9.53 Å². The second-order valence-corrected chi connectivity index (χ2v) is 5.45. The van der Waals surface area contributed by atoms with E-state index in [0.29, 0.717) is 27.8 Å². The largest absolute Gasteiger partial charge is 0.493 e. The quantitative estimate of drug-likeness (QED) is 0.513. The maximum absolute atomic E-state index is 11.3. The predicted molar refractivity (Wildman–Crippen MR) is 84.1 cm³/mol. The molecule has 0 aliphatic heterocycles. The van der Waals surface area contributed by atoms with Crippen LogP contribution < -0.4 is 9.47 Å². The number of carbonyl (C=O) groups excluding carboxylic acids is 1. The summed E-state index contributed by atoms with van der Waals surface area (Å²) in [5, 5.41) is 9.64. The van der Waals surface area contributed by atoms with Crippen LogP contribution in [0.15, 0.2) is 23.6 Å². The normalized spacial score (nSPS) is 10.9. The summed E-state index contributed by atoms with van der Waals surface area (Å²) in [4.78, 5) is 15.7. The van der Waals surface area contributed by atoms with Gasteiger partial charge in [0.1, 0.15) is 6.33 Å². The van der Waals surface area contributed by atoms with Crippen molar-refractivity contribution in [1.82, 2.24) is 19.6 Å². The van der Waals surface area contributed by atoms with Crippen molar-refractivity contribution in [3.05, 3.63) is 18.5 Å². The molecule has 2 aromatic heterocycles. The molecule has 0 saturated carbocycles. The lowest BCUT2D eigenvalue weighted by Crippen LogP contribution is -2.04. The molecule has 0 radical (unpaired) electrons. The zero-order chi connectivity index (χ0) is 16.4. The molecule has 0 spiro atoms. The van der Waals surface area contributed by atoms with Crippen LogP contribution in [-0.4, -0.2) is 52.6 Å². The van der Waals surface area contributed by atoms with E-state index < -0.39 is 0 Å². The highest BCUT2D eigenvalue weighted by Gasteiger charge is 2.14. The second-order valence-electron chi connectivity index (χ2n) is 4.51. The summed E-state index contributed by atoms with van der Waals surface area (Å²) in [7, 11) is 4.49. The first-order valence-electron chi connectivity index (χ1n) is 6.63. The number of rotatable bonds is 5.